The normalized spacial score (nSPS) is 18.1. The van der Waals surface area contributed by atoms with Crippen LogP contribution in [0, 0.1) is 0 Å². The minimum atomic E-state index is 0.824. The molecule has 0 aromatic rings. The minimum absolute atomic E-state index is 0.824. The molecule has 0 radical (unpaired) electrons. The van der Waals surface area contributed by atoms with Crippen LogP contribution in [0.3, 0.4) is 0 Å². The van der Waals surface area contributed by atoms with Gasteiger partial charge in [0.05, 0.1) is 0 Å². The molecule has 0 atom stereocenters. The Morgan fingerprint density at radius 3 is 3.00 bits per heavy atom. The van der Waals surface area contributed by atoms with E-state index in [0.717, 1.165) is 19.5 Å². The first-order chi connectivity index (χ1) is 4.43. The predicted octanol–water partition coefficient (Wildman–Crippen LogP) is 0.212. The number of hydrogen-bond donors (Lipinski definition) is 1. The van der Waals surface area contributed by atoms with Gasteiger partial charge in [-0.15, -0.1) is 0 Å². The van der Waals surface area contributed by atoms with E-state index >= 15 is 0 Å². The fourth-order valence-corrected chi connectivity index (χ4v) is 1.16. The molecular formula is C7H15N2+. The van der Waals surface area contributed by atoms with E-state index in [2.05, 4.69) is 10.8 Å². The largest absolute Gasteiger partial charge is 0.330 e. The first-order valence-corrected chi connectivity index (χ1v) is 3.71. The molecule has 0 saturated heterocycles. The zero-order valence-corrected chi connectivity index (χ0v) is 5.84. The number of rotatable bonds is 3. The summed E-state index contributed by atoms with van der Waals surface area (Å²) in [7, 11) is 0. The number of hydrogen-bond acceptors (Lipinski definition) is 1. The van der Waals surface area contributed by atoms with Gasteiger partial charge in [-0.05, 0) is 6.54 Å². The summed E-state index contributed by atoms with van der Waals surface area (Å²) in [4.78, 5) is 0. The fourth-order valence-electron chi connectivity index (χ4n) is 1.16. The van der Waals surface area contributed by atoms with Crippen molar-refractivity contribution >= 4 is 6.21 Å². The van der Waals surface area contributed by atoms with Gasteiger partial charge in [0.25, 0.3) is 0 Å². The first kappa shape index (κ1) is 6.75. The summed E-state index contributed by atoms with van der Waals surface area (Å²) >= 11 is 0. The fraction of sp³-hybridized carbons (Fsp3) is 0.857. The van der Waals surface area contributed by atoms with Crippen LogP contribution in [-0.4, -0.2) is 30.4 Å². The molecule has 0 fully saturated rings. The summed E-state index contributed by atoms with van der Waals surface area (Å²) in [6.45, 7) is 3.24. The standard InChI is InChI=1S/C7H15N2/c8-4-3-7-9-5-1-2-6-9/h5H,1-4,6-8H2/q+1. The van der Waals surface area contributed by atoms with Gasteiger partial charge in [0.1, 0.15) is 19.3 Å². The molecule has 0 unspecified atom stereocenters. The summed E-state index contributed by atoms with van der Waals surface area (Å²) in [5, 5.41) is 0. The second kappa shape index (κ2) is 3.62. The highest BCUT2D eigenvalue weighted by atomic mass is 15.0. The second-order valence-corrected chi connectivity index (χ2v) is 2.50. The maximum Gasteiger partial charge on any atom is 0.143 e. The average Bonchev–Trinajstić information content (AvgIpc) is 2.34. The molecule has 2 nitrogen and oxygen atoms in total. The van der Waals surface area contributed by atoms with Crippen molar-refractivity contribution in [1.82, 2.24) is 0 Å². The summed E-state index contributed by atoms with van der Waals surface area (Å²) in [5.74, 6) is 0. The van der Waals surface area contributed by atoms with Crippen LogP contribution in [0.15, 0.2) is 0 Å². The molecule has 0 aromatic heterocycles. The third-order valence-electron chi connectivity index (χ3n) is 1.69. The summed E-state index contributed by atoms with van der Waals surface area (Å²) in [6, 6.07) is 0. The van der Waals surface area contributed by atoms with E-state index in [4.69, 9.17) is 5.73 Å². The molecule has 0 aromatic carbocycles. The Morgan fingerprint density at radius 1 is 1.56 bits per heavy atom. The number of nitrogens with two attached hydrogens (primary N) is 1. The molecule has 52 valence electrons. The lowest BCUT2D eigenvalue weighted by molar-refractivity contribution is -0.515. The van der Waals surface area contributed by atoms with Crippen LogP contribution in [-0.2, 0) is 0 Å². The monoisotopic (exact) mass is 127 g/mol. The van der Waals surface area contributed by atoms with E-state index in [1.807, 2.05) is 0 Å². The molecule has 0 amide bonds. The Balaban J connectivity index is 2.11. The van der Waals surface area contributed by atoms with Crippen molar-refractivity contribution in [3.8, 4) is 0 Å². The smallest absolute Gasteiger partial charge is 0.143 e. The van der Waals surface area contributed by atoms with E-state index in [1.165, 1.54) is 19.4 Å². The van der Waals surface area contributed by atoms with Crippen molar-refractivity contribution < 1.29 is 4.58 Å². The SMILES string of the molecule is NCCC[N+]1=CCCC1. The van der Waals surface area contributed by atoms with E-state index in [-0.39, 0.29) is 0 Å². The molecule has 1 aliphatic rings. The lowest BCUT2D eigenvalue weighted by atomic mass is 10.4. The van der Waals surface area contributed by atoms with Gasteiger partial charge in [-0.25, -0.2) is 4.58 Å². The quantitative estimate of drug-likeness (QED) is 0.540. The molecule has 1 rings (SSSR count). The van der Waals surface area contributed by atoms with E-state index in [9.17, 15) is 0 Å². The molecule has 2 N–H and O–H groups in total. The Morgan fingerprint density at radius 2 is 2.44 bits per heavy atom. The van der Waals surface area contributed by atoms with Gasteiger partial charge < -0.3 is 5.73 Å². The van der Waals surface area contributed by atoms with Crippen LogP contribution in [0.2, 0.25) is 0 Å². The molecule has 9 heavy (non-hydrogen) atoms. The molecule has 2 heteroatoms. The average molecular weight is 127 g/mol. The zero-order chi connectivity index (χ0) is 6.53. The minimum Gasteiger partial charge on any atom is -0.330 e. The zero-order valence-electron chi connectivity index (χ0n) is 5.84. The van der Waals surface area contributed by atoms with Crippen LogP contribution in [0.1, 0.15) is 19.3 Å². The Hall–Kier alpha value is -0.370. The summed E-state index contributed by atoms with van der Waals surface area (Å²) in [5.41, 5.74) is 5.37. The van der Waals surface area contributed by atoms with Crippen LogP contribution in [0.5, 0.6) is 0 Å². The van der Waals surface area contributed by atoms with Crippen molar-refractivity contribution in [2.75, 3.05) is 19.6 Å². The Bertz CT molecular complexity index is 107. The summed E-state index contributed by atoms with van der Waals surface area (Å²) < 4.78 is 2.37. The van der Waals surface area contributed by atoms with Crippen LogP contribution in [0.4, 0.5) is 0 Å². The maximum absolute atomic E-state index is 5.37. The van der Waals surface area contributed by atoms with Gasteiger partial charge in [0, 0.05) is 19.3 Å². The van der Waals surface area contributed by atoms with Crippen molar-refractivity contribution in [2.24, 2.45) is 5.73 Å². The second-order valence-electron chi connectivity index (χ2n) is 2.50. The van der Waals surface area contributed by atoms with Crippen LogP contribution in [0.25, 0.3) is 0 Å². The maximum atomic E-state index is 5.37. The molecule has 0 bridgehead atoms. The van der Waals surface area contributed by atoms with Crippen molar-refractivity contribution in [1.29, 1.82) is 0 Å². The molecule has 0 saturated carbocycles. The van der Waals surface area contributed by atoms with Gasteiger partial charge in [0.2, 0.25) is 0 Å². The molecular weight excluding hydrogens is 112 g/mol. The first-order valence-electron chi connectivity index (χ1n) is 3.71. The lowest BCUT2D eigenvalue weighted by Crippen LogP contribution is -2.14. The highest BCUT2D eigenvalue weighted by Crippen LogP contribution is 1.96. The van der Waals surface area contributed by atoms with Crippen LogP contribution < -0.4 is 5.73 Å². The highest BCUT2D eigenvalue weighted by Gasteiger charge is 2.08. The van der Waals surface area contributed by atoms with Gasteiger partial charge in [-0.1, -0.05) is 0 Å². The Labute approximate surface area is 56.4 Å². The van der Waals surface area contributed by atoms with Gasteiger partial charge in [0.15, 0.2) is 0 Å². The third-order valence-corrected chi connectivity index (χ3v) is 1.69. The van der Waals surface area contributed by atoms with Crippen molar-refractivity contribution in [3.05, 3.63) is 0 Å². The van der Waals surface area contributed by atoms with E-state index in [0.29, 0.717) is 0 Å². The van der Waals surface area contributed by atoms with E-state index < -0.39 is 0 Å². The van der Waals surface area contributed by atoms with Gasteiger partial charge in [-0.2, -0.15) is 0 Å². The van der Waals surface area contributed by atoms with Crippen molar-refractivity contribution in [2.45, 2.75) is 19.3 Å². The molecule has 0 aliphatic carbocycles. The van der Waals surface area contributed by atoms with Crippen LogP contribution >= 0.6 is 0 Å². The Kier molecular flexibility index (Phi) is 2.71. The summed E-state index contributed by atoms with van der Waals surface area (Å²) in [6.07, 6.45) is 6.03. The van der Waals surface area contributed by atoms with Gasteiger partial charge in [-0.3, -0.25) is 0 Å². The number of nitrogens with zero attached hydrogens (tertiary/aromatic N) is 1. The van der Waals surface area contributed by atoms with Gasteiger partial charge >= 0.3 is 0 Å². The van der Waals surface area contributed by atoms with E-state index in [1.54, 1.807) is 0 Å². The molecule has 1 heterocycles. The lowest BCUT2D eigenvalue weighted by Gasteiger charge is -1.93. The molecule has 0 spiro atoms. The third kappa shape index (κ3) is 2.14. The van der Waals surface area contributed by atoms with Crippen molar-refractivity contribution in [3.63, 3.8) is 0 Å². The highest BCUT2D eigenvalue weighted by molar-refractivity contribution is 5.52. The topological polar surface area (TPSA) is 29.0 Å². The predicted molar refractivity (Wildman–Crippen MR) is 39.0 cm³/mol. The molecule has 1 aliphatic heterocycles.